The molecule has 4 rings (SSSR count). The van der Waals surface area contributed by atoms with Crippen LogP contribution in [0.3, 0.4) is 0 Å². The Morgan fingerprint density at radius 1 is 1.25 bits per heavy atom. The second kappa shape index (κ2) is 6.10. The molecule has 1 aromatic heterocycles. The predicted octanol–water partition coefficient (Wildman–Crippen LogP) is 2.78. The second-order valence-electron chi connectivity index (χ2n) is 7.32. The summed E-state index contributed by atoms with van der Waals surface area (Å²) in [6, 6.07) is 12.8. The Bertz CT molecular complexity index is 749. The first-order chi connectivity index (χ1) is 11.6. The van der Waals surface area contributed by atoms with E-state index in [1.165, 1.54) is 12.8 Å². The average molecular weight is 323 g/mol. The summed E-state index contributed by atoms with van der Waals surface area (Å²) < 4.78 is 0. The van der Waals surface area contributed by atoms with E-state index in [9.17, 15) is 4.79 Å². The van der Waals surface area contributed by atoms with Gasteiger partial charge < -0.3 is 15.2 Å². The minimum absolute atomic E-state index is 0.0195. The minimum Gasteiger partial charge on any atom is -0.353 e. The van der Waals surface area contributed by atoms with E-state index in [2.05, 4.69) is 34.6 Å². The van der Waals surface area contributed by atoms with Crippen molar-refractivity contribution >= 4 is 5.91 Å². The lowest BCUT2D eigenvalue weighted by atomic mass is 9.92. The summed E-state index contributed by atoms with van der Waals surface area (Å²) in [5.74, 6) is 2.41. The van der Waals surface area contributed by atoms with Gasteiger partial charge in [-0.15, -0.1) is 0 Å². The molecule has 1 saturated carbocycles. The van der Waals surface area contributed by atoms with Crippen molar-refractivity contribution in [3.8, 4) is 0 Å². The number of aromatic nitrogens is 1. The third kappa shape index (κ3) is 2.75. The van der Waals surface area contributed by atoms with Gasteiger partial charge in [0.15, 0.2) is 0 Å². The van der Waals surface area contributed by atoms with Crippen molar-refractivity contribution in [2.24, 2.45) is 11.8 Å². The molecule has 2 aliphatic carbocycles. The molecule has 1 heterocycles. The molecule has 0 saturated heterocycles. The second-order valence-corrected chi connectivity index (χ2v) is 7.32. The van der Waals surface area contributed by atoms with E-state index in [-0.39, 0.29) is 5.91 Å². The molecule has 0 unspecified atom stereocenters. The van der Waals surface area contributed by atoms with Gasteiger partial charge in [-0.3, -0.25) is 4.79 Å². The molecule has 1 fully saturated rings. The lowest BCUT2D eigenvalue weighted by Gasteiger charge is -2.13. The van der Waals surface area contributed by atoms with Crippen LogP contribution in [-0.4, -0.2) is 36.4 Å². The number of aromatic amines is 1. The Balaban J connectivity index is 1.31. The van der Waals surface area contributed by atoms with Crippen LogP contribution < -0.4 is 5.32 Å². The number of nitrogens with one attached hydrogen (secondary N) is 2. The summed E-state index contributed by atoms with van der Waals surface area (Å²) in [6.07, 6.45) is 2.57. The van der Waals surface area contributed by atoms with Crippen LogP contribution in [0.5, 0.6) is 0 Å². The number of H-pyrrole nitrogens is 1. The molecule has 2 N–H and O–H groups in total. The summed E-state index contributed by atoms with van der Waals surface area (Å²) in [5.41, 5.74) is 4.87. The van der Waals surface area contributed by atoms with Crippen LogP contribution in [0, 0.1) is 11.8 Å². The fraction of sp³-hybridized carbons (Fsp3) is 0.450. The number of carbonyl (C=O) groups is 1. The van der Waals surface area contributed by atoms with E-state index in [0.29, 0.717) is 5.69 Å². The van der Waals surface area contributed by atoms with E-state index in [0.717, 1.165) is 36.5 Å². The molecule has 24 heavy (non-hydrogen) atoms. The molecule has 0 aliphatic heterocycles. The number of fused-ring (bicyclic) bond motifs is 3. The molecule has 126 valence electrons. The maximum Gasteiger partial charge on any atom is 0.269 e. The van der Waals surface area contributed by atoms with Gasteiger partial charge in [-0.05, 0) is 60.4 Å². The molecule has 4 nitrogen and oxygen atoms in total. The van der Waals surface area contributed by atoms with Crippen molar-refractivity contribution < 1.29 is 4.79 Å². The number of hydrogen-bond donors (Lipinski definition) is 2. The van der Waals surface area contributed by atoms with Crippen LogP contribution in [0.1, 0.15) is 39.6 Å². The largest absolute Gasteiger partial charge is 0.353 e. The Morgan fingerprint density at radius 3 is 2.92 bits per heavy atom. The molecule has 2 aliphatic rings. The molecule has 2 aromatic rings. The van der Waals surface area contributed by atoms with Gasteiger partial charge in [-0.2, -0.15) is 0 Å². The molecular weight excluding hydrogens is 298 g/mol. The number of carbonyl (C=O) groups excluding carboxylic acids is 1. The van der Waals surface area contributed by atoms with Crippen LogP contribution in [0.2, 0.25) is 0 Å². The van der Waals surface area contributed by atoms with E-state index in [4.69, 9.17) is 0 Å². The minimum atomic E-state index is 0.0195. The zero-order chi connectivity index (χ0) is 16.7. The SMILES string of the molecule is CN(C)C(=O)c1ccc(CNC[C@@H]2[C@@H]3CCc4ccccc4[C@@H]23)[nH]1. The number of amides is 1. The summed E-state index contributed by atoms with van der Waals surface area (Å²) in [6.45, 7) is 1.85. The summed E-state index contributed by atoms with van der Waals surface area (Å²) in [5, 5.41) is 3.58. The van der Waals surface area contributed by atoms with Gasteiger partial charge in [0.2, 0.25) is 0 Å². The number of rotatable bonds is 5. The standard InChI is InChI=1S/C20H25N3O/c1-23(2)20(24)18-10-8-14(22-18)11-21-12-17-16-9-7-13-5-3-4-6-15(13)19(16)17/h3-6,8,10,16-17,19,21-22H,7,9,11-12H2,1-2H3/t16-,17+,19+/m0/s1. The van der Waals surface area contributed by atoms with Gasteiger partial charge in [0.05, 0.1) is 0 Å². The van der Waals surface area contributed by atoms with E-state index < -0.39 is 0 Å². The smallest absolute Gasteiger partial charge is 0.269 e. The topological polar surface area (TPSA) is 48.1 Å². The van der Waals surface area contributed by atoms with E-state index in [1.54, 1.807) is 30.1 Å². The Labute approximate surface area is 143 Å². The quantitative estimate of drug-likeness (QED) is 0.889. The average Bonchev–Trinajstić information content (AvgIpc) is 3.10. The van der Waals surface area contributed by atoms with Crippen molar-refractivity contribution in [1.82, 2.24) is 15.2 Å². The zero-order valence-electron chi connectivity index (χ0n) is 14.4. The van der Waals surface area contributed by atoms with Crippen LogP contribution in [0.25, 0.3) is 0 Å². The highest BCUT2D eigenvalue weighted by Crippen LogP contribution is 2.59. The van der Waals surface area contributed by atoms with Crippen molar-refractivity contribution in [2.45, 2.75) is 25.3 Å². The maximum atomic E-state index is 11.9. The number of benzene rings is 1. The van der Waals surface area contributed by atoms with Gasteiger partial charge in [0.25, 0.3) is 5.91 Å². The molecule has 1 amide bonds. The van der Waals surface area contributed by atoms with E-state index in [1.807, 2.05) is 12.1 Å². The molecule has 3 atom stereocenters. The first-order valence-electron chi connectivity index (χ1n) is 8.83. The van der Waals surface area contributed by atoms with Crippen molar-refractivity contribution in [1.29, 1.82) is 0 Å². The fourth-order valence-corrected chi connectivity index (χ4v) is 4.27. The summed E-state index contributed by atoms with van der Waals surface area (Å²) in [7, 11) is 3.54. The summed E-state index contributed by atoms with van der Waals surface area (Å²) in [4.78, 5) is 16.7. The molecular formula is C20H25N3O. The van der Waals surface area contributed by atoms with Crippen LogP contribution >= 0.6 is 0 Å². The Morgan fingerprint density at radius 2 is 2.08 bits per heavy atom. The highest BCUT2D eigenvalue weighted by Gasteiger charge is 2.52. The normalized spacial score (nSPS) is 24.2. The van der Waals surface area contributed by atoms with Gasteiger partial charge in [-0.25, -0.2) is 0 Å². The van der Waals surface area contributed by atoms with Crippen molar-refractivity contribution in [2.75, 3.05) is 20.6 Å². The van der Waals surface area contributed by atoms with Gasteiger partial charge in [0.1, 0.15) is 5.69 Å². The van der Waals surface area contributed by atoms with E-state index >= 15 is 0 Å². The van der Waals surface area contributed by atoms with Crippen molar-refractivity contribution in [3.05, 3.63) is 58.9 Å². The zero-order valence-corrected chi connectivity index (χ0v) is 14.4. The number of hydrogen-bond acceptors (Lipinski definition) is 2. The highest BCUT2D eigenvalue weighted by molar-refractivity contribution is 5.92. The van der Waals surface area contributed by atoms with Crippen LogP contribution in [0.15, 0.2) is 36.4 Å². The number of nitrogens with zero attached hydrogens (tertiary/aromatic N) is 1. The van der Waals surface area contributed by atoms with Crippen molar-refractivity contribution in [3.63, 3.8) is 0 Å². The van der Waals surface area contributed by atoms with Crippen LogP contribution in [-0.2, 0) is 13.0 Å². The lowest BCUT2D eigenvalue weighted by molar-refractivity contribution is 0.0822. The first kappa shape index (κ1) is 15.5. The van der Waals surface area contributed by atoms with Crippen LogP contribution in [0.4, 0.5) is 0 Å². The Hall–Kier alpha value is -2.07. The number of aryl methyl sites for hydroxylation is 1. The van der Waals surface area contributed by atoms with Gasteiger partial charge >= 0.3 is 0 Å². The van der Waals surface area contributed by atoms with Gasteiger partial charge in [0, 0.05) is 26.3 Å². The monoisotopic (exact) mass is 323 g/mol. The predicted molar refractivity (Wildman–Crippen MR) is 95.0 cm³/mol. The summed E-state index contributed by atoms with van der Waals surface area (Å²) >= 11 is 0. The molecule has 0 spiro atoms. The lowest BCUT2D eigenvalue weighted by Crippen LogP contribution is -2.22. The molecule has 0 bridgehead atoms. The highest BCUT2D eigenvalue weighted by atomic mass is 16.2. The fourth-order valence-electron chi connectivity index (χ4n) is 4.27. The first-order valence-corrected chi connectivity index (χ1v) is 8.83. The third-order valence-corrected chi connectivity index (χ3v) is 5.57. The van der Waals surface area contributed by atoms with Gasteiger partial charge in [-0.1, -0.05) is 24.3 Å². The molecule has 1 aromatic carbocycles. The molecule has 0 radical (unpaired) electrons. The Kier molecular flexibility index (Phi) is 3.93. The molecule has 4 heteroatoms. The maximum absolute atomic E-state index is 11.9. The third-order valence-electron chi connectivity index (χ3n) is 5.57.